The van der Waals surface area contributed by atoms with Crippen molar-refractivity contribution in [3.63, 3.8) is 0 Å². The molecule has 4 nitrogen and oxygen atoms in total. The van der Waals surface area contributed by atoms with Crippen molar-refractivity contribution in [3.05, 3.63) is 40.9 Å². The lowest BCUT2D eigenvalue weighted by Gasteiger charge is -2.07. The van der Waals surface area contributed by atoms with Crippen molar-refractivity contribution in [1.82, 2.24) is 9.55 Å². The second-order valence-corrected chi connectivity index (χ2v) is 4.69. The quantitative estimate of drug-likeness (QED) is 0.881. The zero-order chi connectivity index (χ0) is 12.3. The molecule has 0 saturated heterocycles. The van der Waals surface area contributed by atoms with Gasteiger partial charge >= 0.3 is 0 Å². The number of ether oxygens (including phenoxy) is 1. The van der Waals surface area contributed by atoms with Crippen LogP contribution >= 0.6 is 15.9 Å². The first-order chi connectivity index (χ1) is 8.15. The summed E-state index contributed by atoms with van der Waals surface area (Å²) in [5.74, 6) is 1.78. The van der Waals surface area contributed by atoms with Crippen molar-refractivity contribution < 1.29 is 4.74 Å². The van der Waals surface area contributed by atoms with Crippen molar-refractivity contribution in [2.75, 3.05) is 12.3 Å². The van der Waals surface area contributed by atoms with E-state index in [4.69, 9.17) is 10.5 Å². The number of nitrogen functional groups attached to an aromatic ring is 1. The van der Waals surface area contributed by atoms with Gasteiger partial charge in [-0.2, -0.15) is 0 Å². The Morgan fingerprint density at radius 1 is 1.41 bits per heavy atom. The molecule has 2 aromatic rings. The van der Waals surface area contributed by atoms with Gasteiger partial charge in [0.25, 0.3) is 0 Å². The Labute approximate surface area is 109 Å². The van der Waals surface area contributed by atoms with Gasteiger partial charge in [0.15, 0.2) is 0 Å². The summed E-state index contributed by atoms with van der Waals surface area (Å²) in [7, 11) is 1.97. The van der Waals surface area contributed by atoms with Crippen molar-refractivity contribution >= 4 is 21.6 Å². The molecule has 0 amide bonds. The van der Waals surface area contributed by atoms with Gasteiger partial charge in [0.1, 0.15) is 11.6 Å². The first-order valence-corrected chi connectivity index (χ1v) is 6.09. The van der Waals surface area contributed by atoms with E-state index in [2.05, 4.69) is 20.9 Å². The number of nitrogens with two attached hydrogens (primary N) is 1. The Bertz CT molecular complexity index is 490. The van der Waals surface area contributed by atoms with Crippen LogP contribution in [0.5, 0.6) is 5.75 Å². The van der Waals surface area contributed by atoms with E-state index in [0.29, 0.717) is 12.3 Å². The standard InChI is InChI=1S/C12H14BrN3O/c1-16-4-3-15-12(16)2-5-17-11-7-9(13)6-10(14)8-11/h3-4,6-8H,2,5,14H2,1H3. The Balaban J connectivity index is 1.92. The molecule has 0 aliphatic heterocycles. The second-order valence-electron chi connectivity index (χ2n) is 3.77. The van der Waals surface area contributed by atoms with Gasteiger partial charge in [0.2, 0.25) is 0 Å². The monoisotopic (exact) mass is 295 g/mol. The minimum Gasteiger partial charge on any atom is -0.493 e. The summed E-state index contributed by atoms with van der Waals surface area (Å²) < 4.78 is 8.54. The summed E-state index contributed by atoms with van der Waals surface area (Å²) in [5, 5.41) is 0. The van der Waals surface area contributed by atoms with Crippen LogP contribution in [0.2, 0.25) is 0 Å². The maximum Gasteiger partial charge on any atom is 0.122 e. The number of hydrogen-bond donors (Lipinski definition) is 1. The second kappa shape index (κ2) is 5.23. The van der Waals surface area contributed by atoms with Crippen LogP contribution in [0.1, 0.15) is 5.82 Å². The number of aromatic nitrogens is 2. The van der Waals surface area contributed by atoms with E-state index in [0.717, 1.165) is 22.5 Å². The fourth-order valence-electron chi connectivity index (χ4n) is 1.57. The maximum atomic E-state index is 5.72. The smallest absolute Gasteiger partial charge is 0.122 e. The fraction of sp³-hybridized carbons (Fsp3) is 0.250. The Kier molecular flexibility index (Phi) is 3.68. The van der Waals surface area contributed by atoms with Crippen molar-refractivity contribution in [3.8, 4) is 5.75 Å². The van der Waals surface area contributed by atoms with E-state index in [9.17, 15) is 0 Å². The molecule has 90 valence electrons. The normalized spacial score (nSPS) is 10.5. The Hall–Kier alpha value is -1.49. The van der Waals surface area contributed by atoms with Gasteiger partial charge in [-0.05, 0) is 12.1 Å². The van der Waals surface area contributed by atoms with Crippen LogP contribution in [-0.4, -0.2) is 16.2 Å². The SMILES string of the molecule is Cn1ccnc1CCOc1cc(N)cc(Br)c1. The molecule has 2 rings (SSSR count). The van der Waals surface area contributed by atoms with Crippen molar-refractivity contribution in [2.45, 2.75) is 6.42 Å². The van der Waals surface area contributed by atoms with Gasteiger partial charge < -0.3 is 15.0 Å². The molecule has 0 saturated carbocycles. The van der Waals surface area contributed by atoms with E-state index in [-0.39, 0.29) is 0 Å². The Morgan fingerprint density at radius 2 is 2.24 bits per heavy atom. The summed E-state index contributed by atoms with van der Waals surface area (Å²) in [6.45, 7) is 0.584. The summed E-state index contributed by atoms with van der Waals surface area (Å²) >= 11 is 3.38. The minimum absolute atomic E-state index is 0.584. The predicted molar refractivity (Wildman–Crippen MR) is 71.0 cm³/mol. The number of hydrogen-bond acceptors (Lipinski definition) is 3. The molecular weight excluding hydrogens is 282 g/mol. The van der Waals surface area contributed by atoms with E-state index >= 15 is 0 Å². The number of rotatable bonds is 4. The third-order valence-corrected chi connectivity index (χ3v) is 2.87. The number of anilines is 1. The van der Waals surface area contributed by atoms with Gasteiger partial charge in [-0.1, -0.05) is 15.9 Å². The molecule has 1 aromatic heterocycles. The molecule has 0 bridgehead atoms. The zero-order valence-electron chi connectivity index (χ0n) is 9.56. The summed E-state index contributed by atoms with van der Waals surface area (Å²) in [6.07, 6.45) is 4.48. The summed E-state index contributed by atoms with van der Waals surface area (Å²) in [4.78, 5) is 4.23. The van der Waals surface area contributed by atoms with Gasteiger partial charge in [-0.25, -0.2) is 4.98 Å². The van der Waals surface area contributed by atoms with Crippen LogP contribution < -0.4 is 10.5 Å². The molecule has 0 atom stereocenters. The molecule has 0 spiro atoms. The molecule has 0 radical (unpaired) electrons. The maximum absolute atomic E-state index is 5.72. The predicted octanol–water partition coefficient (Wildman–Crippen LogP) is 2.39. The zero-order valence-corrected chi connectivity index (χ0v) is 11.1. The van der Waals surface area contributed by atoms with Gasteiger partial charge in [-0.3, -0.25) is 0 Å². The molecular formula is C12H14BrN3O. The van der Waals surface area contributed by atoms with Crippen molar-refractivity contribution in [1.29, 1.82) is 0 Å². The molecule has 1 heterocycles. The molecule has 1 aromatic carbocycles. The topological polar surface area (TPSA) is 53.1 Å². The van der Waals surface area contributed by atoms with E-state index < -0.39 is 0 Å². The van der Waals surface area contributed by atoms with Crippen LogP contribution in [0, 0.1) is 0 Å². The first-order valence-electron chi connectivity index (χ1n) is 5.30. The average molecular weight is 296 g/mol. The molecule has 0 unspecified atom stereocenters. The fourth-order valence-corrected chi connectivity index (χ4v) is 2.06. The molecule has 17 heavy (non-hydrogen) atoms. The number of aryl methyl sites for hydroxylation is 1. The number of benzene rings is 1. The third kappa shape index (κ3) is 3.23. The van der Waals surface area contributed by atoms with E-state index in [1.807, 2.05) is 36.0 Å². The molecule has 0 fully saturated rings. The number of halogens is 1. The largest absolute Gasteiger partial charge is 0.493 e. The number of imidazole rings is 1. The highest BCUT2D eigenvalue weighted by Gasteiger charge is 2.01. The van der Waals surface area contributed by atoms with E-state index in [1.54, 1.807) is 6.20 Å². The average Bonchev–Trinajstić information content (AvgIpc) is 2.63. The van der Waals surface area contributed by atoms with Crippen LogP contribution in [-0.2, 0) is 13.5 Å². The van der Waals surface area contributed by atoms with Gasteiger partial charge in [0, 0.05) is 42.1 Å². The lowest BCUT2D eigenvalue weighted by Crippen LogP contribution is -2.06. The van der Waals surface area contributed by atoms with Crippen molar-refractivity contribution in [2.24, 2.45) is 7.05 Å². The Morgan fingerprint density at radius 3 is 2.88 bits per heavy atom. The molecule has 5 heteroatoms. The van der Waals surface area contributed by atoms with Crippen LogP contribution in [0.4, 0.5) is 5.69 Å². The minimum atomic E-state index is 0.584. The highest BCUT2D eigenvalue weighted by atomic mass is 79.9. The van der Waals surface area contributed by atoms with Crippen LogP contribution in [0.15, 0.2) is 35.1 Å². The highest BCUT2D eigenvalue weighted by Crippen LogP contribution is 2.22. The highest BCUT2D eigenvalue weighted by molar-refractivity contribution is 9.10. The summed E-state index contributed by atoms with van der Waals surface area (Å²) in [5.41, 5.74) is 6.41. The first kappa shape index (κ1) is 12.0. The van der Waals surface area contributed by atoms with Gasteiger partial charge in [-0.15, -0.1) is 0 Å². The number of nitrogens with zero attached hydrogens (tertiary/aromatic N) is 2. The molecule has 2 N–H and O–H groups in total. The van der Waals surface area contributed by atoms with Crippen LogP contribution in [0.3, 0.4) is 0 Å². The third-order valence-electron chi connectivity index (χ3n) is 2.41. The molecule has 0 aliphatic carbocycles. The lowest BCUT2D eigenvalue weighted by atomic mass is 10.3. The summed E-state index contributed by atoms with van der Waals surface area (Å²) in [6, 6.07) is 5.55. The lowest BCUT2D eigenvalue weighted by molar-refractivity contribution is 0.317. The van der Waals surface area contributed by atoms with Gasteiger partial charge in [0.05, 0.1) is 6.61 Å². The van der Waals surface area contributed by atoms with E-state index in [1.165, 1.54) is 0 Å². The molecule has 0 aliphatic rings. The van der Waals surface area contributed by atoms with Crippen LogP contribution in [0.25, 0.3) is 0 Å².